The van der Waals surface area contributed by atoms with Crippen LogP contribution in [0.2, 0.25) is 0 Å². The molecule has 2 aromatic rings. The van der Waals surface area contributed by atoms with Gasteiger partial charge >= 0.3 is 6.18 Å². The van der Waals surface area contributed by atoms with Crippen LogP contribution in [-0.4, -0.2) is 49.5 Å². The predicted octanol–water partition coefficient (Wildman–Crippen LogP) is 4.72. The van der Waals surface area contributed by atoms with E-state index in [-0.39, 0.29) is 31.6 Å². The zero-order chi connectivity index (χ0) is 28.9. The Morgan fingerprint density at radius 3 is 2.16 bits per heavy atom. The number of anilines is 1. The molecule has 2 rings (SSSR count). The van der Waals surface area contributed by atoms with E-state index in [1.165, 1.54) is 35.2 Å². The fourth-order valence-electron chi connectivity index (χ4n) is 3.68. The number of nitrogens with one attached hydrogen (secondary N) is 1. The Kier molecular flexibility index (Phi) is 9.93. The van der Waals surface area contributed by atoms with Gasteiger partial charge in [-0.05, 0) is 70.0 Å². The third-order valence-electron chi connectivity index (χ3n) is 5.55. The molecule has 0 heterocycles. The van der Waals surface area contributed by atoms with Crippen molar-refractivity contribution in [3.63, 3.8) is 0 Å². The van der Waals surface area contributed by atoms with Gasteiger partial charge in [0.25, 0.3) is 0 Å². The summed E-state index contributed by atoms with van der Waals surface area (Å²) in [6.07, 6.45) is -3.98. The Labute approximate surface area is 220 Å². The second-order valence-electron chi connectivity index (χ2n) is 10.1. The molecule has 0 saturated carbocycles. The molecule has 0 aliphatic carbocycles. The van der Waals surface area contributed by atoms with E-state index in [9.17, 15) is 35.6 Å². The second kappa shape index (κ2) is 12.1. The molecule has 0 aliphatic rings. The molecule has 0 saturated heterocycles. The molecular formula is C26H33F4N3O4S. The first kappa shape index (κ1) is 31.1. The minimum atomic E-state index is -4.65. The molecule has 2 amide bonds. The van der Waals surface area contributed by atoms with Gasteiger partial charge in [0, 0.05) is 25.0 Å². The molecule has 38 heavy (non-hydrogen) atoms. The summed E-state index contributed by atoms with van der Waals surface area (Å²) >= 11 is 0. The van der Waals surface area contributed by atoms with Crippen molar-refractivity contribution in [2.45, 2.75) is 64.8 Å². The molecular weight excluding hydrogens is 526 g/mol. The molecule has 1 atom stereocenters. The van der Waals surface area contributed by atoms with Crippen LogP contribution in [0.3, 0.4) is 0 Å². The summed E-state index contributed by atoms with van der Waals surface area (Å²) in [6, 6.07) is 8.48. The summed E-state index contributed by atoms with van der Waals surface area (Å²) in [7, 11) is -3.96. The smallest absolute Gasteiger partial charge is 0.350 e. The highest BCUT2D eigenvalue weighted by atomic mass is 32.2. The number of hydrogen-bond donors (Lipinski definition) is 1. The molecule has 0 spiro atoms. The van der Waals surface area contributed by atoms with Crippen LogP contribution in [0, 0.1) is 5.82 Å². The zero-order valence-electron chi connectivity index (χ0n) is 22.0. The predicted molar refractivity (Wildman–Crippen MR) is 137 cm³/mol. The quantitative estimate of drug-likeness (QED) is 0.427. The normalized spacial score (nSPS) is 13.1. The van der Waals surface area contributed by atoms with Gasteiger partial charge in [-0.2, -0.15) is 13.2 Å². The van der Waals surface area contributed by atoms with Crippen molar-refractivity contribution in [3.8, 4) is 0 Å². The first-order valence-corrected chi connectivity index (χ1v) is 13.7. The van der Waals surface area contributed by atoms with E-state index < -0.39 is 51.0 Å². The maximum Gasteiger partial charge on any atom is 0.416 e. The number of benzene rings is 2. The summed E-state index contributed by atoms with van der Waals surface area (Å²) in [4.78, 5) is 27.4. The lowest BCUT2D eigenvalue weighted by molar-refractivity contribution is -0.141. The van der Waals surface area contributed by atoms with Gasteiger partial charge in [-0.15, -0.1) is 0 Å². The molecule has 2 aromatic carbocycles. The molecule has 210 valence electrons. The molecule has 1 N–H and O–H groups in total. The van der Waals surface area contributed by atoms with Crippen molar-refractivity contribution in [1.82, 2.24) is 10.2 Å². The van der Waals surface area contributed by atoms with E-state index in [0.29, 0.717) is 5.56 Å². The SMILES string of the molecule is C[C@@H](C(=O)NC(C)(C)C)N(Cc1ccc(F)cc1)C(=O)CCCN(c1cccc(C(F)(F)F)c1)S(C)(=O)=O. The monoisotopic (exact) mass is 559 g/mol. The van der Waals surface area contributed by atoms with E-state index >= 15 is 0 Å². The number of carbonyl (C=O) groups is 2. The molecule has 0 radical (unpaired) electrons. The van der Waals surface area contributed by atoms with Gasteiger partial charge in [-0.25, -0.2) is 12.8 Å². The Bertz CT molecular complexity index is 1230. The number of sulfonamides is 1. The summed E-state index contributed by atoms with van der Waals surface area (Å²) in [5.74, 6) is -1.33. The molecule has 0 aliphatic heterocycles. The average molecular weight is 560 g/mol. The zero-order valence-corrected chi connectivity index (χ0v) is 22.8. The topological polar surface area (TPSA) is 86.8 Å². The summed E-state index contributed by atoms with van der Waals surface area (Å²) in [5.41, 5.74) is -1.15. The van der Waals surface area contributed by atoms with Crippen LogP contribution >= 0.6 is 0 Å². The number of halogens is 4. The Hall–Kier alpha value is -3.15. The van der Waals surface area contributed by atoms with Crippen LogP contribution in [0.25, 0.3) is 0 Å². The van der Waals surface area contributed by atoms with Crippen molar-refractivity contribution in [1.29, 1.82) is 0 Å². The molecule has 0 fully saturated rings. The van der Waals surface area contributed by atoms with E-state index in [1.54, 1.807) is 27.7 Å². The highest BCUT2D eigenvalue weighted by Crippen LogP contribution is 2.32. The van der Waals surface area contributed by atoms with Crippen LogP contribution in [0.15, 0.2) is 48.5 Å². The van der Waals surface area contributed by atoms with Crippen molar-refractivity contribution in [2.24, 2.45) is 0 Å². The third kappa shape index (κ3) is 9.30. The van der Waals surface area contributed by atoms with Crippen LogP contribution < -0.4 is 9.62 Å². The van der Waals surface area contributed by atoms with Gasteiger partial charge in [0.05, 0.1) is 17.5 Å². The first-order chi connectivity index (χ1) is 17.4. The van der Waals surface area contributed by atoms with Crippen LogP contribution in [-0.2, 0) is 32.3 Å². The lowest BCUT2D eigenvalue weighted by Crippen LogP contribution is -2.52. The van der Waals surface area contributed by atoms with E-state index in [0.717, 1.165) is 28.8 Å². The van der Waals surface area contributed by atoms with Crippen molar-refractivity contribution in [2.75, 3.05) is 17.1 Å². The number of amides is 2. The number of alkyl halides is 3. The molecule has 7 nitrogen and oxygen atoms in total. The molecule has 0 aromatic heterocycles. The van der Waals surface area contributed by atoms with Gasteiger partial charge in [-0.1, -0.05) is 18.2 Å². The van der Waals surface area contributed by atoms with Gasteiger partial charge in [0.1, 0.15) is 11.9 Å². The number of rotatable bonds is 10. The first-order valence-electron chi connectivity index (χ1n) is 11.9. The van der Waals surface area contributed by atoms with E-state index in [4.69, 9.17) is 0 Å². The fraction of sp³-hybridized carbons (Fsp3) is 0.462. The minimum absolute atomic E-state index is 0.00125. The highest BCUT2D eigenvalue weighted by Gasteiger charge is 2.32. The molecule has 0 bridgehead atoms. The highest BCUT2D eigenvalue weighted by molar-refractivity contribution is 7.92. The van der Waals surface area contributed by atoms with Crippen molar-refractivity contribution < 1.29 is 35.6 Å². The largest absolute Gasteiger partial charge is 0.416 e. The summed E-state index contributed by atoms with van der Waals surface area (Å²) < 4.78 is 78.4. The fourth-order valence-corrected chi connectivity index (χ4v) is 4.64. The standard InChI is InChI=1S/C26H33F4N3O4S/c1-18(24(35)31-25(2,3)4)32(17-19-11-13-21(27)14-12-19)23(34)10-7-15-33(38(5,36)37)22-9-6-8-20(16-22)26(28,29)30/h6,8-9,11-14,16,18H,7,10,15,17H2,1-5H3,(H,31,35)/t18-/m0/s1. The lowest BCUT2D eigenvalue weighted by Gasteiger charge is -2.32. The number of nitrogens with zero attached hydrogens (tertiary/aromatic N) is 2. The molecule has 12 heteroatoms. The molecule has 0 unspecified atom stereocenters. The van der Waals surface area contributed by atoms with Crippen LogP contribution in [0.1, 0.15) is 51.7 Å². The summed E-state index contributed by atoms with van der Waals surface area (Å²) in [5, 5.41) is 2.81. The Balaban J connectivity index is 2.23. The third-order valence-corrected chi connectivity index (χ3v) is 6.74. The number of hydrogen-bond acceptors (Lipinski definition) is 4. The lowest BCUT2D eigenvalue weighted by atomic mass is 10.1. The Morgan fingerprint density at radius 1 is 1.03 bits per heavy atom. The van der Waals surface area contributed by atoms with E-state index in [2.05, 4.69) is 5.32 Å². The van der Waals surface area contributed by atoms with Gasteiger partial charge in [0.2, 0.25) is 21.8 Å². The maximum atomic E-state index is 13.4. The second-order valence-corrected chi connectivity index (χ2v) is 12.0. The van der Waals surface area contributed by atoms with Crippen molar-refractivity contribution >= 4 is 27.5 Å². The summed E-state index contributed by atoms with van der Waals surface area (Å²) in [6.45, 7) is 6.67. The number of carbonyl (C=O) groups excluding carboxylic acids is 2. The van der Waals surface area contributed by atoms with Crippen LogP contribution in [0.4, 0.5) is 23.2 Å². The average Bonchev–Trinajstić information content (AvgIpc) is 2.78. The van der Waals surface area contributed by atoms with Gasteiger partial charge < -0.3 is 10.2 Å². The maximum absolute atomic E-state index is 13.4. The van der Waals surface area contributed by atoms with Crippen molar-refractivity contribution in [3.05, 3.63) is 65.5 Å². The van der Waals surface area contributed by atoms with Gasteiger partial charge in [0.15, 0.2) is 0 Å². The minimum Gasteiger partial charge on any atom is -0.350 e. The Morgan fingerprint density at radius 2 is 1.63 bits per heavy atom. The van der Waals surface area contributed by atoms with Crippen LogP contribution in [0.5, 0.6) is 0 Å². The van der Waals surface area contributed by atoms with E-state index in [1.807, 2.05) is 0 Å². The van der Waals surface area contributed by atoms with Gasteiger partial charge in [-0.3, -0.25) is 13.9 Å².